The highest BCUT2D eigenvalue weighted by molar-refractivity contribution is 7.98. The van der Waals surface area contributed by atoms with Crippen molar-refractivity contribution >= 4 is 28.7 Å². The zero-order valence-electron chi connectivity index (χ0n) is 17.6. The summed E-state index contributed by atoms with van der Waals surface area (Å²) in [5.74, 6) is 2.86. The maximum Gasteiger partial charge on any atom is 0.267 e. The van der Waals surface area contributed by atoms with Crippen LogP contribution in [0.3, 0.4) is 0 Å². The Balaban J connectivity index is 1.17. The Labute approximate surface area is 184 Å². The van der Waals surface area contributed by atoms with Gasteiger partial charge in [-0.3, -0.25) is 14.5 Å². The minimum atomic E-state index is -0.0144. The van der Waals surface area contributed by atoms with Crippen LogP contribution in [0.15, 0.2) is 29.1 Å². The highest BCUT2D eigenvalue weighted by Crippen LogP contribution is 2.21. The van der Waals surface area contributed by atoms with E-state index in [2.05, 4.69) is 20.0 Å². The molecule has 0 radical (unpaired) electrons. The van der Waals surface area contributed by atoms with Crippen molar-refractivity contribution in [1.29, 1.82) is 0 Å². The number of rotatable bonds is 4. The number of nitrogens with one attached hydrogen (secondary N) is 1. The second-order valence-electron chi connectivity index (χ2n) is 8.17. The first-order chi connectivity index (χ1) is 15.1. The van der Waals surface area contributed by atoms with Crippen LogP contribution in [0.4, 0.5) is 0 Å². The monoisotopic (exact) mass is 438 g/mol. The number of carbonyl (C=O) groups excluding carboxylic acids is 1. The molecule has 1 aromatic carbocycles. The Morgan fingerprint density at radius 1 is 1.16 bits per heavy atom. The van der Waals surface area contributed by atoms with Crippen LogP contribution in [0.2, 0.25) is 0 Å². The van der Waals surface area contributed by atoms with Crippen molar-refractivity contribution < 1.29 is 4.79 Å². The van der Waals surface area contributed by atoms with Crippen LogP contribution < -0.4 is 5.56 Å². The van der Waals surface area contributed by atoms with Crippen LogP contribution in [0.25, 0.3) is 11.0 Å². The molecule has 1 amide bonds. The lowest BCUT2D eigenvalue weighted by atomic mass is 10.1. The van der Waals surface area contributed by atoms with Gasteiger partial charge in [0.15, 0.2) is 0 Å². The number of thioether (sulfide) groups is 1. The summed E-state index contributed by atoms with van der Waals surface area (Å²) in [6.45, 7) is 6.23. The molecule has 3 aromatic rings. The van der Waals surface area contributed by atoms with Crippen molar-refractivity contribution in [3.8, 4) is 0 Å². The molecule has 1 N–H and O–H groups in total. The molecule has 4 heterocycles. The summed E-state index contributed by atoms with van der Waals surface area (Å²) in [7, 11) is 0. The molecule has 2 aliphatic rings. The van der Waals surface area contributed by atoms with Gasteiger partial charge in [-0.05, 0) is 36.4 Å². The Bertz CT molecular complexity index is 1180. The van der Waals surface area contributed by atoms with Crippen molar-refractivity contribution in [2.75, 3.05) is 38.5 Å². The van der Waals surface area contributed by atoms with Crippen LogP contribution >= 0.6 is 11.8 Å². The number of aromatic amines is 1. The molecular weight excluding hydrogens is 412 g/mol. The zero-order chi connectivity index (χ0) is 21.4. The number of piperazine rings is 1. The first-order valence-corrected chi connectivity index (χ1v) is 11.9. The highest BCUT2D eigenvalue weighted by atomic mass is 32.2. The van der Waals surface area contributed by atoms with Crippen LogP contribution in [-0.4, -0.2) is 73.9 Å². The fourth-order valence-electron chi connectivity index (χ4n) is 4.28. The SMILES string of the molecule is Cc1nc2ccc(C(=O)N3CCN(CCn4nc5c(cc4=O)CSCC5)CC3)cc2[nH]1. The van der Waals surface area contributed by atoms with E-state index in [4.69, 9.17) is 0 Å². The molecule has 0 saturated carbocycles. The van der Waals surface area contributed by atoms with E-state index in [-0.39, 0.29) is 11.5 Å². The summed E-state index contributed by atoms with van der Waals surface area (Å²) >= 11 is 1.86. The van der Waals surface area contributed by atoms with E-state index in [1.54, 1.807) is 10.7 Å². The van der Waals surface area contributed by atoms with E-state index in [9.17, 15) is 9.59 Å². The molecule has 0 bridgehead atoms. The number of aryl methyl sites for hydroxylation is 2. The zero-order valence-corrected chi connectivity index (χ0v) is 18.5. The van der Waals surface area contributed by atoms with E-state index in [1.165, 1.54) is 0 Å². The van der Waals surface area contributed by atoms with Crippen molar-refractivity contribution in [3.63, 3.8) is 0 Å². The van der Waals surface area contributed by atoms with Gasteiger partial charge in [-0.25, -0.2) is 9.67 Å². The number of imidazole rings is 1. The minimum absolute atomic E-state index is 0.0144. The van der Waals surface area contributed by atoms with E-state index in [0.29, 0.717) is 25.2 Å². The molecule has 0 unspecified atom stereocenters. The molecule has 0 atom stereocenters. The summed E-state index contributed by atoms with van der Waals surface area (Å²) in [4.78, 5) is 37.1. The van der Waals surface area contributed by atoms with Gasteiger partial charge in [-0.15, -0.1) is 0 Å². The topological polar surface area (TPSA) is 87.1 Å². The van der Waals surface area contributed by atoms with Crippen LogP contribution in [0, 0.1) is 6.92 Å². The average Bonchev–Trinajstić information content (AvgIpc) is 3.16. The van der Waals surface area contributed by atoms with Crippen LogP contribution in [-0.2, 0) is 18.7 Å². The van der Waals surface area contributed by atoms with E-state index < -0.39 is 0 Å². The van der Waals surface area contributed by atoms with Crippen molar-refractivity contribution in [1.82, 2.24) is 29.5 Å². The van der Waals surface area contributed by atoms with Gasteiger partial charge >= 0.3 is 0 Å². The van der Waals surface area contributed by atoms with Gasteiger partial charge in [-0.2, -0.15) is 16.9 Å². The predicted molar refractivity (Wildman–Crippen MR) is 122 cm³/mol. The highest BCUT2D eigenvalue weighted by Gasteiger charge is 2.23. The quantitative estimate of drug-likeness (QED) is 0.667. The molecule has 31 heavy (non-hydrogen) atoms. The molecule has 1 saturated heterocycles. The molecule has 8 nitrogen and oxygen atoms in total. The number of amides is 1. The summed E-state index contributed by atoms with van der Waals surface area (Å²) in [5, 5.41) is 4.60. The number of H-pyrrole nitrogens is 1. The largest absolute Gasteiger partial charge is 0.342 e. The summed E-state index contributed by atoms with van der Waals surface area (Å²) in [6.07, 6.45) is 0.935. The third-order valence-corrected chi connectivity index (χ3v) is 7.05. The number of fused-ring (bicyclic) bond motifs is 2. The van der Waals surface area contributed by atoms with Gasteiger partial charge in [-0.1, -0.05) is 0 Å². The standard InChI is InChI=1S/C22H26N6O2S/c1-15-23-19-3-2-16(12-20(19)24-15)22(30)27-8-5-26(6-9-27)7-10-28-21(29)13-17-14-31-11-4-18(17)25-28/h2-3,12-13H,4-11,14H2,1H3,(H,23,24). The molecule has 0 aliphatic carbocycles. The third kappa shape index (κ3) is 4.24. The Morgan fingerprint density at radius 3 is 2.84 bits per heavy atom. The number of aromatic nitrogens is 4. The van der Waals surface area contributed by atoms with Gasteiger partial charge in [0.2, 0.25) is 0 Å². The Morgan fingerprint density at radius 2 is 2.00 bits per heavy atom. The van der Waals surface area contributed by atoms with Gasteiger partial charge in [0.25, 0.3) is 11.5 Å². The molecule has 2 aromatic heterocycles. The smallest absolute Gasteiger partial charge is 0.267 e. The summed E-state index contributed by atoms with van der Waals surface area (Å²) in [6, 6.07) is 7.38. The summed E-state index contributed by atoms with van der Waals surface area (Å²) in [5.41, 5.74) is 4.60. The number of nitrogens with zero attached hydrogens (tertiary/aromatic N) is 5. The molecular formula is C22H26N6O2S. The van der Waals surface area contributed by atoms with E-state index in [1.807, 2.05) is 41.8 Å². The van der Waals surface area contributed by atoms with Gasteiger partial charge in [0, 0.05) is 56.5 Å². The van der Waals surface area contributed by atoms with Crippen LogP contribution in [0.1, 0.15) is 27.4 Å². The molecule has 2 aliphatic heterocycles. The first-order valence-electron chi connectivity index (χ1n) is 10.7. The lowest BCUT2D eigenvalue weighted by molar-refractivity contribution is 0.0631. The number of carbonyl (C=O) groups is 1. The lowest BCUT2D eigenvalue weighted by Gasteiger charge is -2.34. The summed E-state index contributed by atoms with van der Waals surface area (Å²) < 4.78 is 1.61. The fourth-order valence-corrected chi connectivity index (χ4v) is 5.23. The molecule has 162 valence electrons. The number of hydrogen-bond acceptors (Lipinski definition) is 6. The van der Waals surface area contributed by atoms with Gasteiger partial charge in [0.05, 0.1) is 23.3 Å². The van der Waals surface area contributed by atoms with Crippen molar-refractivity contribution in [2.24, 2.45) is 0 Å². The number of hydrogen-bond donors (Lipinski definition) is 1. The van der Waals surface area contributed by atoms with Gasteiger partial charge in [0.1, 0.15) is 5.82 Å². The maximum absolute atomic E-state index is 12.9. The second kappa shape index (κ2) is 8.47. The molecule has 5 rings (SSSR count). The van der Waals surface area contributed by atoms with Crippen molar-refractivity contribution in [2.45, 2.75) is 25.6 Å². The Kier molecular flexibility index (Phi) is 5.54. The third-order valence-electron chi connectivity index (χ3n) is 6.04. The minimum Gasteiger partial charge on any atom is -0.342 e. The van der Waals surface area contributed by atoms with Crippen LogP contribution in [0.5, 0.6) is 0 Å². The van der Waals surface area contributed by atoms with Gasteiger partial charge < -0.3 is 9.88 Å². The fraction of sp³-hybridized carbons (Fsp3) is 0.455. The molecule has 0 spiro atoms. The van der Waals surface area contributed by atoms with E-state index in [0.717, 1.165) is 65.7 Å². The predicted octanol–water partition coefficient (Wildman–Crippen LogP) is 1.68. The lowest BCUT2D eigenvalue weighted by Crippen LogP contribution is -2.49. The number of benzene rings is 1. The molecule has 9 heteroatoms. The molecule has 1 fully saturated rings. The second-order valence-corrected chi connectivity index (χ2v) is 9.27. The maximum atomic E-state index is 12.9. The average molecular weight is 439 g/mol. The van der Waals surface area contributed by atoms with Crippen molar-refractivity contribution in [3.05, 3.63) is 57.3 Å². The first kappa shape index (κ1) is 20.3. The normalized spacial score (nSPS) is 17.1. The Hall–Kier alpha value is -2.65. The van der Waals surface area contributed by atoms with E-state index >= 15 is 0 Å².